The number of carbonyl (C=O) groups excluding carboxylic acids is 1. The lowest BCUT2D eigenvalue weighted by molar-refractivity contribution is -0.113. The third-order valence-electron chi connectivity index (χ3n) is 4.20. The highest BCUT2D eigenvalue weighted by Crippen LogP contribution is 2.29. The topological polar surface area (TPSA) is 115 Å². The second-order valence-electron chi connectivity index (χ2n) is 6.73. The van der Waals surface area contributed by atoms with E-state index in [9.17, 15) is 13.2 Å². The minimum Gasteiger partial charge on any atom is -0.495 e. The van der Waals surface area contributed by atoms with Crippen LogP contribution in [0.25, 0.3) is 11.5 Å². The van der Waals surface area contributed by atoms with E-state index in [-0.39, 0.29) is 27.5 Å². The van der Waals surface area contributed by atoms with Gasteiger partial charge in [-0.15, -0.1) is 10.2 Å². The van der Waals surface area contributed by atoms with E-state index in [1.165, 1.54) is 33.3 Å². The maximum Gasteiger partial charge on any atom is 0.277 e. The van der Waals surface area contributed by atoms with Crippen LogP contribution in [-0.4, -0.2) is 55.8 Å². The first-order valence-electron chi connectivity index (χ1n) is 9.14. The van der Waals surface area contributed by atoms with Gasteiger partial charge >= 0.3 is 0 Å². The summed E-state index contributed by atoms with van der Waals surface area (Å²) in [7, 11) is 0.487. The van der Waals surface area contributed by atoms with Gasteiger partial charge in [0.2, 0.25) is 21.8 Å². The van der Waals surface area contributed by atoms with Gasteiger partial charge in [0.15, 0.2) is 0 Å². The molecule has 0 spiro atoms. The van der Waals surface area contributed by atoms with Crippen LogP contribution in [0.4, 0.5) is 5.69 Å². The van der Waals surface area contributed by atoms with E-state index in [0.717, 1.165) is 27.2 Å². The number of sulfonamides is 1. The van der Waals surface area contributed by atoms with E-state index in [4.69, 9.17) is 9.15 Å². The van der Waals surface area contributed by atoms with Crippen LogP contribution in [0.3, 0.4) is 0 Å². The highest BCUT2D eigenvalue weighted by molar-refractivity contribution is 7.99. The van der Waals surface area contributed by atoms with Crippen molar-refractivity contribution in [3.05, 3.63) is 48.0 Å². The summed E-state index contributed by atoms with van der Waals surface area (Å²) in [6.45, 7) is 1.97. The Morgan fingerprint density at radius 2 is 1.97 bits per heavy atom. The Balaban J connectivity index is 1.67. The summed E-state index contributed by atoms with van der Waals surface area (Å²) in [6, 6.07) is 12.1. The number of amides is 1. The number of hydrogen-bond donors (Lipinski definition) is 1. The summed E-state index contributed by atoms with van der Waals surface area (Å²) in [5.41, 5.74) is 2.20. The monoisotopic (exact) mass is 462 g/mol. The molecule has 1 heterocycles. The number of nitrogens with one attached hydrogen (secondary N) is 1. The molecule has 9 nitrogen and oxygen atoms in total. The number of benzene rings is 2. The van der Waals surface area contributed by atoms with Gasteiger partial charge in [-0.3, -0.25) is 4.79 Å². The van der Waals surface area contributed by atoms with Crippen LogP contribution in [0.15, 0.2) is 57.0 Å². The van der Waals surface area contributed by atoms with Gasteiger partial charge in [0.25, 0.3) is 5.22 Å². The number of thioether (sulfide) groups is 1. The fraction of sp³-hybridized carbons (Fsp3) is 0.250. The molecule has 2 aromatic carbocycles. The highest BCUT2D eigenvalue weighted by Gasteiger charge is 2.23. The number of nitrogens with zero attached hydrogens (tertiary/aromatic N) is 3. The first kappa shape index (κ1) is 22.8. The lowest BCUT2D eigenvalue weighted by Gasteiger charge is -2.15. The van der Waals surface area contributed by atoms with E-state index < -0.39 is 10.0 Å². The van der Waals surface area contributed by atoms with Gasteiger partial charge in [-0.1, -0.05) is 29.5 Å². The molecule has 1 amide bonds. The number of aromatic nitrogens is 2. The standard InChI is InChI=1S/C20H22N4O5S2/c1-13-6-5-7-14(10-13)19-22-23-20(29-19)30-12-18(25)21-15-8-9-16(28-4)17(11-15)31(26,27)24(2)3/h5-11H,12H2,1-4H3,(H,21,25). The zero-order chi connectivity index (χ0) is 22.6. The molecule has 31 heavy (non-hydrogen) atoms. The average Bonchev–Trinajstić information content (AvgIpc) is 3.21. The van der Waals surface area contributed by atoms with Crippen LogP contribution in [0, 0.1) is 6.92 Å². The van der Waals surface area contributed by atoms with Crippen molar-refractivity contribution in [1.82, 2.24) is 14.5 Å². The van der Waals surface area contributed by atoms with Crippen LogP contribution < -0.4 is 10.1 Å². The van der Waals surface area contributed by atoms with Crippen molar-refractivity contribution in [3.63, 3.8) is 0 Å². The first-order valence-corrected chi connectivity index (χ1v) is 11.6. The fourth-order valence-corrected chi connectivity index (χ4v) is 4.28. The predicted octanol–water partition coefficient (Wildman–Crippen LogP) is 3.03. The van der Waals surface area contributed by atoms with E-state index >= 15 is 0 Å². The van der Waals surface area contributed by atoms with E-state index in [2.05, 4.69) is 15.5 Å². The Hall–Kier alpha value is -2.89. The second-order valence-corrected chi connectivity index (χ2v) is 9.78. The lowest BCUT2D eigenvalue weighted by atomic mass is 10.1. The molecule has 0 atom stereocenters. The zero-order valence-corrected chi connectivity index (χ0v) is 19.1. The first-order chi connectivity index (χ1) is 14.7. The van der Waals surface area contributed by atoms with Crippen molar-refractivity contribution in [2.75, 3.05) is 32.3 Å². The molecule has 3 aromatic rings. The molecule has 0 aliphatic rings. The normalized spacial score (nSPS) is 11.5. The number of aryl methyl sites for hydroxylation is 1. The molecule has 11 heteroatoms. The molecular formula is C20H22N4O5S2. The summed E-state index contributed by atoms with van der Waals surface area (Å²) in [6.07, 6.45) is 0. The maximum atomic E-state index is 12.5. The van der Waals surface area contributed by atoms with Crippen LogP contribution >= 0.6 is 11.8 Å². The Kier molecular flexibility index (Phi) is 6.98. The van der Waals surface area contributed by atoms with Gasteiger partial charge in [0.1, 0.15) is 10.6 Å². The van der Waals surface area contributed by atoms with Gasteiger partial charge < -0.3 is 14.5 Å². The molecule has 164 valence electrons. The van der Waals surface area contributed by atoms with E-state index in [1.807, 2.05) is 31.2 Å². The lowest BCUT2D eigenvalue weighted by Crippen LogP contribution is -2.23. The molecule has 1 N–H and O–H groups in total. The SMILES string of the molecule is COc1ccc(NC(=O)CSc2nnc(-c3cccc(C)c3)o2)cc1S(=O)(=O)N(C)C. The molecule has 3 rings (SSSR count). The van der Waals surface area contributed by atoms with Gasteiger partial charge in [-0.25, -0.2) is 12.7 Å². The van der Waals surface area contributed by atoms with Gasteiger partial charge in [0.05, 0.1) is 12.9 Å². The van der Waals surface area contributed by atoms with Crippen LogP contribution in [-0.2, 0) is 14.8 Å². The van der Waals surface area contributed by atoms with Gasteiger partial charge in [-0.2, -0.15) is 0 Å². The van der Waals surface area contributed by atoms with Crippen molar-refractivity contribution in [1.29, 1.82) is 0 Å². The molecule has 0 bridgehead atoms. The van der Waals surface area contributed by atoms with E-state index in [0.29, 0.717) is 11.6 Å². The second kappa shape index (κ2) is 9.50. The van der Waals surface area contributed by atoms with Crippen molar-refractivity contribution in [2.45, 2.75) is 17.0 Å². The number of ether oxygens (including phenoxy) is 1. The molecule has 0 fully saturated rings. The summed E-state index contributed by atoms with van der Waals surface area (Å²) >= 11 is 1.09. The largest absolute Gasteiger partial charge is 0.495 e. The minimum absolute atomic E-state index is 0.0112. The Labute approximate surface area is 184 Å². The van der Waals surface area contributed by atoms with Crippen LogP contribution in [0.1, 0.15) is 5.56 Å². The quantitative estimate of drug-likeness (QED) is 0.508. The molecule has 0 saturated carbocycles. The number of carbonyl (C=O) groups is 1. The van der Waals surface area contributed by atoms with Gasteiger partial charge in [0, 0.05) is 25.3 Å². The highest BCUT2D eigenvalue weighted by atomic mass is 32.2. The summed E-state index contributed by atoms with van der Waals surface area (Å²) in [5, 5.41) is 10.9. The predicted molar refractivity (Wildman–Crippen MR) is 118 cm³/mol. The van der Waals surface area contributed by atoms with Crippen LogP contribution in [0.2, 0.25) is 0 Å². The molecule has 0 radical (unpaired) electrons. The number of methoxy groups -OCH3 is 1. The molecule has 0 unspecified atom stereocenters. The summed E-state index contributed by atoms with van der Waals surface area (Å²) in [5.74, 6) is 0.228. The molecule has 0 aliphatic carbocycles. The summed E-state index contributed by atoms with van der Waals surface area (Å²) < 4.78 is 36.8. The number of rotatable bonds is 8. The van der Waals surface area contributed by atoms with Crippen molar-refractivity contribution >= 4 is 33.4 Å². The number of hydrogen-bond acceptors (Lipinski definition) is 8. The molecule has 1 aromatic heterocycles. The molecule has 0 saturated heterocycles. The Bertz CT molecular complexity index is 1190. The van der Waals surface area contributed by atoms with Crippen LogP contribution in [0.5, 0.6) is 5.75 Å². The van der Waals surface area contributed by atoms with Crippen molar-refractivity contribution in [3.8, 4) is 17.2 Å². The third kappa shape index (κ3) is 5.43. The smallest absolute Gasteiger partial charge is 0.277 e. The summed E-state index contributed by atoms with van der Waals surface area (Å²) in [4.78, 5) is 12.3. The fourth-order valence-electron chi connectivity index (χ4n) is 2.64. The maximum absolute atomic E-state index is 12.5. The molecule has 0 aliphatic heterocycles. The van der Waals surface area contributed by atoms with Crippen molar-refractivity contribution < 1.29 is 22.4 Å². The van der Waals surface area contributed by atoms with Crippen molar-refractivity contribution in [2.24, 2.45) is 0 Å². The molecular weight excluding hydrogens is 440 g/mol. The van der Waals surface area contributed by atoms with E-state index in [1.54, 1.807) is 6.07 Å². The Morgan fingerprint density at radius 3 is 2.65 bits per heavy atom. The zero-order valence-electron chi connectivity index (χ0n) is 17.4. The Morgan fingerprint density at radius 1 is 1.19 bits per heavy atom. The third-order valence-corrected chi connectivity index (χ3v) is 6.86. The number of anilines is 1. The average molecular weight is 463 g/mol. The van der Waals surface area contributed by atoms with Gasteiger partial charge in [-0.05, 0) is 37.3 Å². The minimum atomic E-state index is -3.74.